The van der Waals surface area contributed by atoms with Crippen molar-refractivity contribution in [3.8, 4) is 11.5 Å². The first kappa shape index (κ1) is 8.90. The second kappa shape index (κ2) is 3.47. The van der Waals surface area contributed by atoms with Crippen LogP contribution >= 0.6 is 0 Å². The summed E-state index contributed by atoms with van der Waals surface area (Å²) in [5.41, 5.74) is 0.642. The normalized spacial score (nSPS) is 9.58. The van der Waals surface area contributed by atoms with Crippen LogP contribution in [0.3, 0.4) is 0 Å². The van der Waals surface area contributed by atoms with Crippen LogP contribution in [0.25, 0.3) is 0 Å². The average Bonchev–Trinajstić information content (AvgIpc) is 1.94. The molecule has 0 aliphatic heterocycles. The lowest BCUT2D eigenvalue weighted by Gasteiger charge is -2.07. The summed E-state index contributed by atoms with van der Waals surface area (Å²) in [5.74, 6) is 0.454. The monoisotopic (exact) mass is 168 g/mol. The van der Waals surface area contributed by atoms with Gasteiger partial charge >= 0.3 is 7.32 Å². The third-order valence-electron chi connectivity index (χ3n) is 1.39. The number of benzene rings is 1. The lowest BCUT2D eigenvalue weighted by Crippen LogP contribution is -2.20. The molecule has 0 amide bonds. The molecule has 0 heterocycles. The number of hydrogen-bond donors (Lipinski definition) is 3. The molecule has 0 fully saturated rings. The van der Waals surface area contributed by atoms with E-state index < -0.39 is 7.32 Å². The highest BCUT2D eigenvalue weighted by Gasteiger charge is 2.12. The highest BCUT2D eigenvalue weighted by Crippen LogP contribution is 2.22. The predicted molar refractivity (Wildman–Crippen MR) is 43.7 cm³/mol. The molecule has 0 saturated heterocycles. The van der Waals surface area contributed by atoms with Crippen LogP contribution in [0.5, 0.6) is 11.5 Å². The minimum Gasteiger partial charge on any atom is -0.512 e. The van der Waals surface area contributed by atoms with Gasteiger partial charge in [0.05, 0.1) is 0 Å². The second-order valence-electron chi connectivity index (χ2n) is 2.39. The van der Waals surface area contributed by atoms with Crippen molar-refractivity contribution >= 4 is 7.32 Å². The molecule has 1 rings (SSSR count). The van der Waals surface area contributed by atoms with E-state index in [2.05, 4.69) is 4.65 Å². The highest BCUT2D eigenvalue weighted by atomic mass is 16.6. The largest absolute Gasteiger partial charge is 0.707 e. The Labute approximate surface area is 70.2 Å². The lowest BCUT2D eigenvalue weighted by atomic mass is 10.2. The van der Waals surface area contributed by atoms with Gasteiger partial charge in [-0.2, -0.15) is 0 Å². The van der Waals surface area contributed by atoms with Crippen molar-refractivity contribution in [3.63, 3.8) is 0 Å². The van der Waals surface area contributed by atoms with Crippen LogP contribution in [0, 0.1) is 6.92 Å². The van der Waals surface area contributed by atoms with Crippen molar-refractivity contribution in [1.29, 1.82) is 0 Å². The van der Waals surface area contributed by atoms with Gasteiger partial charge in [0.2, 0.25) is 0 Å². The van der Waals surface area contributed by atoms with Crippen LogP contribution in [0.4, 0.5) is 0 Å². The fourth-order valence-corrected chi connectivity index (χ4v) is 0.879. The Kier molecular flexibility index (Phi) is 2.57. The van der Waals surface area contributed by atoms with Crippen LogP contribution in [0.2, 0.25) is 0 Å². The number of aromatic hydroxyl groups is 1. The Morgan fingerprint density at radius 1 is 1.33 bits per heavy atom. The number of phenols is 1. The molecule has 0 bridgehead atoms. The van der Waals surface area contributed by atoms with Crippen LogP contribution < -0.4 is 4.65 Å². The highest BCUT2D eigenvalue weighted by molar-refractivity contribution is 6.33. The van der Waals surface area contributed by atoms with Crippen molar-refractivity contribution < 1.29 is 19.8 Å². The van der Waals surface area contributed by atoms with E-state index in [-0.39, 0.29) is 5.75 Å². The van der Waals surface area contributed by atoms with E-state index >= 15 is 0 Å². The van der Waals surface area contributed by atoms with E-state index in [9.17, 15) is 0 Å². The van der Waals surface area contributed by atoms with E-state index in [1.54, 1.807) is 6.92 Å². The number of aryl methyl sites for hydroxylation is 1. The molecule has 64 valence electrons. The zero-order valence-electron chi connectivity index (χ0n) is 6.56. The lowest BCUT2D eigenvalue weighted by molar-refractivity contribution is 0.287. The first-order chi connectivity index (χ1) is 5.59. The Bertz CT molecular complexity index is 274. The summed E-state index contributed by atoms with van der Waals surface area (Å²) in [6.45, 7) is 1.69. The van der Waals surface area contributed by atoms with Gasteiger partial charge in [-0.25, -0.2) is 0 Å². The molecule has 1 aromatic carbocycles. The Hall–Kier alpha value is -1.20. The van der Waals surface area contributed by atoms with E-state index in [1.165, 1.54) is 18.2 Å². The summed E-state index contributed by atoms with van der Waals surface area (Å²) in [6, 6.07) is 4.34. The van der Waals surface area contributed by atoms with E-state index in [0.29, 0.717) is 11.3 Å². The molecule has 0 saturated carbocycles. The fourth-order valence-electron chi connectivity index (χ4n) is 0.879. The molecule has 0 unspecified atom stereocenters. The number of rotatable bonds is 2. The Morgan fingerprint density at radius 2 is 2.00 bits per heavy atom. The molecule has 0 aliphatic carbocycles. The molecule has 12 heavy (non-hydrogen) atoms. The van der Waals surface area contributed by atoms with Gasteiger partial charge in [-0.05, 0) is 30.7 Å². The zero-order valence-corrected chi connectivity index (χ0v) is 6.56. The van der Waals surface area contributed by atoms with E-state index in [1.807, 2.05) is 0 Å². The Balaban J connectivity index is 2.86. The van der Waals surface area contributed by atoms with Gasteiger partial charge in [0.1, 0.15) is 11.5 Å². The molecular formula is C7H9BO4. The molecule has 4 nitrogen and oxygen atoms in total. The summed E-state index contributed by atoms with van der Waals surface area (Å²) in [5, 5.41) is 25.9. The predicted octanol–water partition coefficient (Wildman–Crippen LogP) is 0.0489. The number of phenolic OH excluding ortho intramolecular Hbond substituents is 1. The van der Waals surface area contributed by atoms with Crippen LogP contribution in [0.15, 0.2) is 18.2 Å². The Morgan fingerprint density at radius 3 is 2.50 bits per heavy atom. The van der Waals surface area contributed by atoms with Gasteiger partial charge in [0.25, 0.3) is 0 Å². The van der Waals surface area contributed by atoms with Crippen molar-refractivity contribution in [1.82, 2.24) is 0 Å². The molecule has 0 aliphatic rings. The molecule has 1 aromatic rings. The SMILES string of the molecule is Cc1cc(O)ccc1OB(O)O. The summed E-state index contributed by atoms with van der Waals surface area (Å²) in [7, 11) is -1.83. The minimum atomic E-state index is -1.83. The van der Waals surface area contributed by atoms with Crippen molar-refractivity contribution in [2.75, 3.05) is 0 Å². The zero-order chi connectivity index (χ0) is 9.14. The maximum absolute atomic E-state index is 8.99. The molecule has 0 spiro atoms. The third kappa shape index (κ3) is 2.15. The van der Waals surface area contributed by atoms with Gasteiger partial charge in [-0.1, -0.05) is 0 Å². The average molecular weight is 168 g/mol. The molecule has 5 heteroatoms. The minimum absolute atomic E-state index is 0.118. The fraction of sp³-hybridized carbons (Fsp3) is 0.143. The summed E-state index contributed by atoms with van der Waals surface area (Å²) in [6.07, 6.45) is 0. The first-order valence-corrected chi connectivity index (χ1v) is 3.42. The van der Waals surface area contributed by atoms with Gasteiger partial charge < -0.3 is 19.8 Å². The van der Waals surface area contributed by atoms with Gasteiger partial charge in [0, 0.05) is 0 Å². The topological polar surface area (TPSA) is 69.9 Å². The molecular weight excluding hydrogens is 159 g/mol. The molecule has 0 radical (unpaired) electrons. The van der Waals surface area contributed by atoms with Gasteiger partial charge in [0.15, 0.2) is 0 Å². The smallest absolute Gasteiger partial charge is 0.512 e. The summed E-state index contributed by atoms with van der Waals surface area (Å²) < 4.78 is 4.60. The number of hydrogen-bond acceptors (Lipinski definition) is 4. The van der Waals surface area contributed by atoms with Gasteiger partial charge in [-0.15, -0.1) is 0 Å². The van der Waals surface area contributed by atoms with E-state index in [0.717, 1.165) is 0 Å². The van der Waals surface area contributed by atoms with Crippen molar-refractivity contribution in [3.05, 3.63) is 23.8 Å². The second-order valence-corrected chi connectivity index (χ2v) is 2.39. The van der Waals surface area contributed by atoms with Crippen LogP contribution in [-0.2, 0) is 0 Å². The standard InChI is InChI=1S/C7H9BO4/c1-5-4-6(9)2-3-7(5)12-8(10)11/h2-4,9-11H,1H3. The van der Waals surface area contributed by atoms with Crippen LogP contribution in [-0.4, -0.2) is 22.5 Å². The third-order valence-corrected chi connectivity index (χ3v) is 1.39. The van der Waals surface area contributed by atoms with Crippen molar-refractivity contribution in [2.24, 2.45) is 0 Å². The summed E-state index contributed by atoms with van der Waals surface area (Å²) >= 11 is 0. The van der Waals surface area contributed by atoms with E-state index in [4.69, 9.17) is 15.2 Å². The summed E-state index contributed by atoms with van der Waals surface area (Å²) in [4.78, 5) is 0. The molecule has 3 N–H and O–H groups in total. The maximum Gasteiger partial charge on any atom is 0.707 e. The molecule has 0 atom stereocenters. The van der Waals surface area contributed by atoms with Gasteiger partial charge in [-0.3, -0.25) is 0 Å². The first-order valence-electron chi connectivity index (χ1n) is 3.42. The quantitative estimate of drug-likeness (QED) is 0.545. The molecule has 0 aromatic heterocycles. The maximum atomic E-state index is 8.99. The van der Waals surface area contributed by atoms with Crippen LogP contribution in [0.1, 0.15) is 5.56 Å². The van der Waals surface area contributed by atoms with Crippen molar-refractivity contribution in [2.45, 2.75) is 6.92 Å².